The highest BCUT2D eigenvalue weighted by molar-refractivity contribution is 6.30. The highest BCUT2D eigenvalue weighted by Gasteiger charge is 2.42. The van der Waals surface area contributed by atoms with Crippen LogP contribution in [0.1, 0.15) is 42.3 Å². The maximum Gasteiger partial charge on any atom is 0.231 e. The molecule has 1 fully saturated rings. The first kappa shape index (κ1) is 19.9. The zero-order valence-corrected chi connectivity index (χ0v) is 17.3. The Kier molecular flexibility index (Phi) is 5.92. The van der Waals surface area contributed by atoms with Gasteiger partial charge in [0.1, 0.15) is 0 Å². The number of hydrogen-bond acceptors (Lipinski definition) is 3. The van der Waals surface area contributed by atoms with E-state index in [2.05, 4.69) is 24.3 Å². The highest BCUT2D eigenvalue weighted by atomic mass is 35.5. The lowest BCUT2D eigenvalue weighted by Crippen LogP contribution is -2.50. The standard InChI is InChI=1S/C21H28ClN3O2/c1-14(13-19-15(2)24-25(4)16(19)3)23-20(26)21(9-11-27-12-10-21)17-5-7-18(22)8-6-17/h5-8,14H,9-13H2,1-4H3,(H,23,26). The second kappa shape index (κ2) is 8.03. The fourth-order valence-corrected chi connectivity index (χ4v) is 4.09. The number of benzene rings is 1. The van der Waals surface area contributed by atoms with Crippen molar-refractivity contribution in [1.29, 1.82) is 0 Å². The maximum absolute atomic E-state index is 13.4. The van der Waals surface area contributed by atoms with Gasteiger partial charge in [0.25, 0.3) is 0 Å². The van der Waals surface area contributed by atoms with E-state index in [0.29, 0.717) is 31.1 Å². The number of halogens is 1. The predicted molar refractivity (Wildman–Crippen MR) is 107 cm³/mol. The Morgan fingerprint density at radius 1 is 1.30 bits per heavy atom. The van der Waals surface area contributed by atoms with E-state index in [1.54, 1.807) is 0 Å². The average Bonchev–Trinajstić information content (AvgIpc) is 2.89. The summed E-state index contributed by atoms with van der Waals surface area (Å²) in [6.45, 7) is 7.32. The van der Waals surface area contributed by atoms with Gasteiger partial charge in [-0.2, -0.15) is 5.10 Å². The third-order valence-corrected chi connectivity index (χ3v) is 5.98. The molecule has 2 aromatic rings. The summed E-state index contributed by atoms with van der Waals surface area (Å²) in [5, 5.41) is 8.41. The molecule has 1 amide bonds. The first-order chi connectivity index (χ1) is 12.8. The van der Waals surface area contributed by atoms with Crippen molar-refractivity contribution in [3.05, 3.63) is 51.8 Å². The van der Waals surface area contributed by atoms with Crippen molar-refractivity contribution >= 4 is 17.5 Å². The Morgan fingerprint density at radius 2 is 1.93 bits per heavy atom. The monoisotopic (exact) mass is 389 g/mol. The van der Waals surface area contributed by atoms with Crippen LogP contribution in [-0.4, -0.2) is 34.9 Å². The van der Waals surface area contributed by atoms with Gasteiger partial charge in [-0.25, -0.2) is 0 Å². The van der Waals surface area contributed by atoms with Crippen molar-refractivity contribution in [2.75, 3.05) is 13.2 Å². The van der Waals surface area contributed by atoms with E-state index in [0.717, 1.165) is 23.4 Å². The van der Waals surface area contributed by atoms with E-state index in [1.807, 2.05) is 42.9 Å². The van der Waals surface area contributed by atoms with Crippen molar-refractivity contribution in [1.82, 2.24) is 15.1 Å². The smallest absolute Gasteiger partial charge is 0.231 e. The normalized spacial score (nSPS) is 17.5. The van der Waals surface area contributed by atoms with Crippen LogP contribution in [-0.2, 0) is 28.4 Å². The quantitative estimate of drug-likeness (QED) is 0.851. The Balaban J connectivity index is 1.79. The van der Waals surface area contributed by atoms with Gasteiger partial charge in [0.05, 0.1) is 11.1 Å². The Labute approximate surface area is 166 Å². The molecule has 0 bridgehead atoms. The predicted octanol–water partition coefficient (Wildman–Crippen LogP) is 3.49. The summed E-state index contributed by atoms with van der Waals surface area (Å²) in [6, 6.07) is 7.66. The molecular weight excluding hydrogens is 362 g/mol. The lowest BCUT2D eigenvalue weighted by Gasteiger charge is -2.37. The molecule has 1 atom stereocenters. The topological polar surface area (TPSA) is 56.2 Å². The molecule has 1 unspecified atom stereocenters. The van der Waals surface area contributed by atoms with Crippen molar-refractivity contribution in [2.24, 2.45) is 7.05 Å². The number of nitrogens with zero attached hydrogens (tertiary/aromatic N) is 2. The molecule has 0 saturated carbocycles. The number of aromatic nitrogens is 2. The lowest BCUT2D eigenvalue weighted by atomic mass is 9.73. The molecule has 0 radical (unpaired) electrons. The largest absolute Gasteiger partial charge is 0.381 e. The summed E-state index contributed by atoms with van der Waals surface area (Å²) in [5.41, 5.74) is 3.82. The second-order valence-corrected chi connectivity index (χ2v) is 7.99. The van der Waals surface area contributed by atoms with Gasteiger partial charge in [0, 0.05) is 37.0 Å². The van der Waals surface area contributed by atoms with Gasteiger partial charge < -0.3 is 10.1 Å². The highest BCUT2D eigenvalue weighted by Crippen LogP contribution is 2.36. The molecule has 2 heterocycles. The Bertz CT molecular complexity index is 808. The van der Waals surface area contributed by atoms with Crippen LogP contribution in [0.25, 0.3) is 0 Å². The third kappa shape index (κ3) is 4.04. The van der Waals surface area contributed by atoms with Crippen molar-refractivity contribution in [3.63, 3.8) is 0 Å². The molecule has 1 aromatic heterocycles. The van der Waals surface area contributed by atoms with Gasteiger partial charge in [-0.3, -0.25) is 9.48 Å². The van der Waals surface area contributed by atoms with Gasteiger partial charge in [0.2, 0.25) is 5.91 Å². The van der Waals surface area contributed by atoms with Crippen molar-refractivity contribution in [2.45, 2.75) is 51.5 Å². The summed E-state index contributed by atoms with van der Waals surface area (Å²) >= 11 is 6.05. The van der Waals surface area contributed by atoms with E-state index in [4.69, 9.17) is 16.3 Å². The van der Waals surface area contributed by atoms with Crippen LogP contribution in [0.5, 0.6) is 0 Å². The molecule has 27 heavy (non-hydrogen) atoms. The molecule has 5 nitrogen and oxygen atoms in total. The average molecular weight is 390 g/mol. The van der Waals surface area contributed by atoms with Crippen LogP contribution in [0.2, 0.25) is 5.02 Å². The van der Waals surface area contributed by atoms with E-state index in [-0.39, 0.29) is 11.9 Å². The molecule has 6 heteroatoms. The molecule has 0 aliphatic carbocycles. The summed E-state index contributed by atoms with van der Waals surface area (Å²) in [4.78, 5) is 13.4. The minimum absolute atomic E-state index is 0.0196. The third-order valence-electron chi connectivity index (χ3n) is 5.72. The van der Waals surface area contributed by atoms with Gasteiger partial charge in [0.15, 0.2) is 0 Å². The van der Waals surface area contributed by atoms with Gasteiger partial charge in [-0.1, -0.05) is 23.7 Å². The number of amides is 1. The molecule has 1 aliphatic heterocycles. The molecular formula is C21H28ClN3O2. The van der Waals surface area contributed by atoms with Crippen LogP contribution in [0.15, 0.2) is 24.3 Å². The van der Waals surface area contributed by atoms with Crippen molar-refractivity contribution < 1.29 is 9.53 Å². The van der Waals surface area contributed by atoms with Gasteiger partial charge in [-0.05, 0) is 63.3 Å². The number of ether oxygens (including phenoxy) is 1. The zero-order chi connectivity index (χ0) is 19.6. The second-order valence-electron chi connectivity index (χ2n) is 7.55. The molecule has 1 N–H and O–H groups in total. The molecule has 1 aliphatic rings. The van der Waals surface area contributed by atoms with E-state index in [1.165, 1.54) is 5.56 Å². The maximum atomic E-state index is 13.4. The van der Waals surface area contributed by atoms with Crippen molar-refractivity contribution in [3.8, 4) is 0 Å². The molecule has 146 valence electrons. The fourth-order valence-electron chi connectivity index (χ4n) is 3.97. The summed E-state index contributed by atoms with van der Waals surface area (Å²) in [6.07, 6.45) is 2.13. The van der Waals surface area contributed by atoms with E-state index in [9.17, 15) is 4.79 Å². The van der Waals surface area contributed by atoms with Gasteiger partial charge >= 0.3 is 0 Å². The summed E-state index contributed by atoms with van der Waals surface area (Å²) in [7, 11) is 1.95. The molecule has 3 rings (SSSR count). The first-order valence-corrected chi connectivity index (χ1v) is 9.85. The Hall–Kier alpha value is -1.85. The fraction of sp³-hybridized carbons (Fsp3) is 0.524. The van der Waals surface area contributed by atoms with Crippen LogP contribution in [0.4, 0.5) is 0 Å². The van der Waals surface area contributed by atoms with Crippen LogP contribution < -0.4 is 5.32 Å². The zero-order valence-electron chi connectivity index (χ0n) is 16.5. The number of nitrogens with one attached hydrogen (secondary N) is 1. The Morgan fingerprint density at radius 3 is 2.48 bits per heavy atom. The lowest BCUT2D eigenvalue weighted by molar-refractivity contribution is -0.131. The molecule has 0 spiro atoms. The van der Waals surface area contributed by atoms with E-state index >= 15 is 0 Å². The number of carbonyl (C=O) groups is 1. The first-order valence-electron chi connectivity index (χ1n) is 9.47. The van der Waals surface area contributed by atoms with Crippen LogP contribution >= 0.6 is 11.6 Å². The minimum atomic E-state index is -0.559. The van der Waals surface area contributed by atoms with Crippen LogP contribution in [0.3, 0.4) is 0 Å². The summed E-state index contributed by atoms with van der Waals surface area (Å²) in [5.74, 6) is 0.0693. The number of rotatable bonds is 5. The van der Waals surface area contributed by atoms with Gasteiger partial charge in [-0.15, -0.1) is 0 Å². The SMILES string of the molecule is Cc1nn(C)c(C)c1CC(C)NC(=O)C1(c2ccc(Cl)cc2)CCOCC1. The minimum Gasteiger partial charge on any atom is -0.381 e. The van der Waals surface area contributed by atoms with Crippen LogP contribution in [0, 0.1) is 13.8 Å². The molecule has 1 aromatic carbocycles. The number of carbonyl (C=O) groups excluding carboxylic acids is 1. The van der Waals surface area contributed by atoms with E-state index < -0.39 is 5.41 Å². The molecule has 1 saturated heterocycles. The summed E-state index contributed by atoms with van der Waals surface area (Å²) < 4.78 is 7.43. The number of hydrogen-bond donors (Lipinski definition) is 1. The number of aryl methyl sites for hydroxylation is 2.